The monoisotopic (exact) mass is 256 g/mol. The minimum absolute atomic E-state index is 0.230. The Kier molecular flexibility index (Phi) is 3.73. The highest BCUT2D eigenvalue weighted by Gasteiger charge is 2.04. The van der Waals surface area contributed by atoms with Crippen LogP contribution in [-0.4, -0.2) is 21.2 Å². The molecule has 19 heavy (non-hydrogen) atoms. The standard InChI is InChI=1S/C12H12N6O/c1-8-15-11(18-17-8)7-14-12(19)16-10-4-2-3-9(5-10)6-13/h2-5H,7H2,1H3,(H2,14,16,19)(H,15,17,18). The molecule has 0 aliphatic carbocycles. The van der Waals surface area contributed by atoms with Gasteiger partial charge in [0.15, 0.2) is 5.82 Å². The van der Waals surface area contributed by atoms with Crippen molar-refractivity contribution < 1.29 is 4.79 Å². The van der Waals surface area contributed by atoms with E-state index in [1.54, 1.807) is 31.2 Å². The summed E-state index contributed by atoms with van der Waals surface area (Å²) in [4.78, 5) is 15.7. The van der Waals surface area contributed by atoms with E-state index in [2.05, 4.69) is 25.8 Å². The highest BCUT2D eigenvalue weighted by atomic mass is 16.2. The topological polar surface area (TPSA) is 106 Å². The lowest BCUT2D eigenvalue weighted by atomic mass is 10.2. The van der Waals surface area contributed by atoms with Gasteiger partial charge in [-0.3, -0.25) is 5.10 Å². The van der Waals surface area contributed by atoms with Crippen molar-refractivity contribution in [1.82, 2.24) is 20.5 Å². The Bertz CT molecular complexity index is 627. The van der Waals surface area contributed by atoms with Gasteiger partial charge in [0.2, 0.25) is 0 Å². The molecule has 0 fully saturated rings. The van der Waals surface area contributed by atoms with Crippen molar-refractivity contribution in [2.75, 3.05) is 5.32 Å². The summed E-state index contributed by atoms with van der Waals surface area (Å²) in [6, 6.07) is 8.29. The smallest absolute Gasteiger partial charge is 0.319 e. The summed E-state index contributed by atoms with van der Waals surface area (Å²) in [5.41, 5.74) is 1.05. The molecule has 0 unspecified atom stereocenters. The number of rotatable bonds is 3. The van der Waals surface area contributed by atoms with Crippen LogP contribution >= 0.6 is 0 Å². The number of aryl methyl sites for hydroxylation is 1. The number of hydrogen-bond acceptors (Lipinski definition) is 4. The Hall–Kier alpha value is -2.88. The number of anilines is 1. The summed E-state index contributed by atoms with van der Waals surface area (Å²) in [6.07, 6.45) is 0. The van der Waals surface area contributed by atoms with Gasteiger partial charge in [-0.1, -0.05) is 6.07 Å². The van der Waals surface area contributed by atoms with Crippen LogP contribution < -0.4 is 10.6 Å². The number of carbonyl (C=O) groups is 1. The zero-order valence-electron chi connectivity index (χ0n) is 10.3. The second-order valence-electron chi connectivity index (χ2n) is 3.84. The van der Waals surface area contributed by atoms with Crippen LogP contribution in [0, 0.1) is 18.3 Å². The molecular weight excluding hydrogens is 244 g/mol. The normalized spacial score (nSPS) is 9.68. The number of aromatic nitrogens is 3. The van der Waals surface area contributed by atoms with Crippen molar-refractivity contribution in [1.29, 1.82) is 5.26 Å². The van der Waals surface area contributed by atoms with Gasteiger partial charge in [-0.15, -0.1) is 0 Å². The molecule has 0 saturated heterocycles. The van der Waals surface area contributed by atoms with E-state index in [-0.39, 0.29) is 12.6 Å². The predicted molar refractivity (Wildman–Crippen MR) is 68.1 cm³/mol. The molecular formula is C12H12N6O. The highest BCUT2D eigenvalue weighted by molar-refractivity contribution is 5.89. The molecule has 1 heterocycles. The van der Waals surface area contributed by atoms with Gasteiger partial charge in [0.25, 0.3) is 0 Å². The molecule has 7 heteroatoms. The van der Waals surface area contributed by atoms with Gasteiger partial charge in [0, 0.05) is 5.69 Å². The SMILES string of the molecule is Cc1nc(CNC(=O)Nc2cccc(C#N)c2)n[nH]1. The fourth-order valence-electron chi connectivity index (χ4n) is 1.47. The van der Waals surface area contributed by atoms with Crippen molar-refractivity contribution in [3.05, 3.63) is 41.5 Å². The molecule has 0 spiro atoms. The van der Waals surface area contributed by atoms with E-state index < -0.39 is 0 Å². The summed E-state index contributed by atoms with van der Waals surface area (Å²) in [6.45, 7) is 2.01. The zero-order valence-corrected chi connectivity index (χ0v) is 10.3. The van der Waals surface area contributed by atoms with E-state index in [1.165, 1.54) is 0 Å². The summed E-state index contributed by atoms with van der Waals surface area (Å²) in [5, 5.41) is 20.6. The molecule has 96 valence electrons. The van der Waals surface area contributed by atoms with Gasteiger partial charge in [-0.2, -0.15) is 10.4 Å². The van der Waals surface area contributed by atoms with Crippen LogP contribution in [0.5, 0.6) is 0 Å². The maximum absolute atomic E-state index is 11.6. The summed E-state index contributed by atoms with van der Waals surface area (Å²) in [7, 11) is 0. The fraction of sp³-hybridized carbons (Fsp3) is 0.167. The van der Waals surface area contributed by atoms with Gasteiger partial charge >= 0.3 is 6.03 Å². The number of nitriles is 1. The third-order valence-electron chi connectivity index (χ3n) is 2.30. The third kappa shape index (κ3) is 3.54. The molecule has 1 aromatic carbocycles. The predicted octanol–water partition coefficient (Wildman–Crippen LogP) is 1.31. The molecule has 2 amide bonds. The number of amides is 2. The van der Waals surface area contributed by atoms with Gasteiger partial charge in [0.1, 0.15) is 5.82 Å². The van der Waals surface area contributed by atoms with E-state index in [0.717, 1.165) is 0 Å². The van der Waals surface area contributed by atoms with Gasteiger partial charge in [-0.25, -0.2) is 9.78 Å². The maximum atomic E-state index is 11.6. The van der Waals surface area contributed by atoms with Crippen LogP contribution in [0.2, 0.25) is 0 Å². The largest absolute Gasteiger partial charge is 0.330 e. The fourth-order valence-corrected chi connectivity index (χ4v) is 1.47. The molecule has 2 aromatic rings. The summed E-state index contributed by atoms with van der Waals surface area (Å²) >= 11 is 0. The Morgan fingerprint density at radius 1 is 1.53 bits per heavy atom. The first-order valence-corrected chi connectivity index (χ1v) is 5.60. The van der Waals surface area contributed by atoms with Crippen LogP contribution in [0.15, 0.2) is 24.3 Å². The molecule has 0 radical (unpaired) electrons. The number of H-pyrrole nitrogens is 1. The van der Waals surface area contributed by atoms with E-state index in [0.29, 0.717) is 22.9 Å². The van der Waals surface area contributed by atoms with Crippen LogP contribution in [0.25, 0.3) is 0 Å². The first kappa shape index (κ1) is 12.6. The van der Waals surface area contributed by atoms with E-state index >= 15 is 0 Å². The van der Waals surface area contributed by atoms with E-state index in [9.17, 15) is 4.79 Å². The molecule has 7 nitrogen and oxygen atoms in total. The molecule has 0 saturated carbocycles. The van der Waals surface area contributed by atoms with Crippen LogP contribution in [-0.2, 0) is 6.54 Å². The lowest BCUT2D eigenvalue weighted by Crippen LogP contribution is -2.28. The minimum Gasteiger partial charge on any atom is -0.330 e. The second kappa shape index (κ2) is 5.64. The lowest BCUT2D eigenvalue weighted by Gasteiger charge is -2.06. The van der Waals surface area contributed by atoms with E-state index in [1.807, 2.05) is 6.07 Å². The van der Waals surface area contributed by atoms with Crippen LogP contribution in [0.3, 0.4) is 0 Å². The van der Waals surface area contributed by atoms with E-state index in [4.69, 9.17) is 5.26 Å². The maximum Gasteiger partial charge on any atom is 0.319 e. The number of hydrogen-bond donors (Lipinski definition) is 3. The molecule has 2 rings (SSSR count). The Labute approximate surface area is 109 Å². The Balaban J connectivity index is 1.89. The molecule has 3 N–H and O–H groups in total. The molecule has 0 bridgehead atoms. The third-order valence-corrected chi connectivity index (χ3v) is 2.30. The van der Waals surface area contributed by atoms with Gasteiger partial charge < -0.3 is 10.6 Å². The number of benzene rings is 1. The zero-order chi connectivity index (χ0) is 13.7. The van der Waals surface area contributed by atoms with Crippen LogP contribution in [0.4, 0.5) is 10.5 Å². The number of aromatic amines is 1. The molecule has 0 atom stereocenters. The van der Waals surface area contributed by atoms with Crippen molar-refractivity contribution in [3.8, 4) is 6.07 Å². The van der Waals surface area contributed by atoms with Crippen molar-refractivity contribution in [3.63, 3.8) is 0 Å². The minimum atomic E-state index is -0.377. The van der Waals surface area contributed by atoms with Crippen molar-refractivity contribution in [2.24, 2.45) is 0 Å². The van der Waals surface area contributed by atoms with Gasteiger partial charge in [-0.05, 0) is 25.1 Å². The molecule has 0 aliphatic heterocycles. The molecule has 1 aromatic heterocycles. The number of nitrogens with zero attached hydrogens (tertiary/aromatic N) is 3. The highest BCUT2D eigenvalue weighted by Crippen LogP contribution is 2.09. The Morgan fingerprint density at radius 2 is 2.37 bits per heavy atom. The second-order valence-corrected chi connectivity index (χ2v) is 3.84. The van der Waals surface area contributed by atoms with Crippen LogP contribution in [0.1, 0.15) is 17.2 Å². The average Bonchev–Trinajstić information content (AvgIpc) is 2.82. The summed E-state index contributed by atoms with van der Waals surface area (Å²) in [5.74, 6) is 1.21. The first-order valence-electron chi connectivity index (χ1n) is 5.60. The molecule has 0 aliphatic rings. The van der Waals surface area contributed by atoms with Gasteiger partial charge in [0.05, 0.1) is 18.2 Å². The number of carbonyl (C=O) groups excluding carboxylic acids is 1. The summed E-state index contributed by atoms with van der Waals surface area (Å²) < 4.78 is 0. The average molecular weight is 256 g/mol. The first-order chi connectivity index (χ1) is 9.17. The van der Waals surface area contributed by atoms with Crippen molar-refractivity contribution in [2.45, 2.75) is 13.5 Å². The lowest BCUT2D eigenvalue weighted by molar-refractivity contribution is 0.251. The number of urea groups is 1. The van der Waals surface area contributed by atoms with Crippen molar-refractivity contribution >= 4 is 11.7 Å². The number of nitrogens with one attached hydrogen (secondary N) is 3. The Morgan fingerprint density at radius 3 is 3.05 bits per heavy atom. The quantitative estimate of drug-likeness (QED) is 0.769.